The van der Waals surface area contributed by atoms with Gasteiger partial charge in [-0.2, -0.15) is 35.3 Å². The zero-order valence-electron chi connectivity index (χ0n) is 35.6. The summed E-state index contributed by atoms with van der Waals surface area (Å²) in [6.07, 6.45) is -1.66. The Morgan fingerprint density at radius 1 is 0.683 bits per heavy atom. The minimum absolute atomic E-state index is 0.00124. The number of hydrogen-bond acceptors (Lipinski definition) is 20. The van der Waals surface area contributed by atoms with E-state index in [0.29, 0.717) is 43.9 Å². The minimum atomic E-state index is -1.47. The molecule has 0 aromatic heterocycles. The Morgan fingerprint density at radius 3 is 1.84 bits per heavy atom. The average molecular weight is 980 g/mol. The first kappa shape index (κ1) is 58.8. The highest BCUT2D eigenvalue weighted by Crippen LogP contribution is 2.28. The lowest BCUT2D eigenvalue weighted by atomic mass is 10.0. The molecular formula is C37H69N7O15S4. The van der Waals surface area contributed by atoms with E-state index in [9.17, 15) is 54.6 Å². The van der Waals surface area contributed by atoms with Crippen LogP contribution in [0, 0.1) is 5.41 Å². The van der Waals surface area contributed by atoms with Crippen molar-refractivity contribution in [1.82, 2.24) is 25.3 Å². The van der Waals surface area contributed by atoms with E-state index < -0.39 is 92.4 Å². The summed E-state index contributed by atoms with van der Waals surface area (Å²) in [4.78, 5) is 61.9. The maximum atomic E-state index is 12.7. The number of nitrogens with two attached hydrogens (primary N) is 1. The molecule has 366 valence electrons. The summed E-state index contributed by atoms with van der Waals surface area (Å²) in [5.74, 6) is -0.789. The fraction of sp³-hybridized carbons (Fsp3) is 0.838. The Kier molecular flexibility index (Phi) is 33.6. The third-order valence-electron chi connectivity index (χ3n) is 9.11. The maximum absolute atomic E-state index is 12.7. The van der Waals surface area contributed by atoms with Crippen molar-refractivity contribution in [2.75, 3.05) is 133 Å². The fourth-order valence-corrected chi connectivity index (χ4v) is 9.67. The second-order valence-corrected chi connectivity index (χ2v) is 19.4. The van der Waals surface area contributed by atoms with Crippen molar-refractivity contribution in [3.63, 3.8) is 0 Å². The van der Waals surface area contributed by atoms with Gasteiger partial charge in [-0.3, -0.25) is 44.1 Å². The number of amides is 1. The molecule has 2 unspecified atom stereocenters. The van der Waals surface area contributed by atoms with E-state index in [1.54, 1.807) is 35.3 Å². The molecule has 6 atom stereocenters. The van der Waals surface area contributed by atoms with Crippen molar-refractivity contribution in [2.45, 2.75) is 60.8 Å². The van der Waals surface area contributed by atoms with Gasteiger partial charge in [-0.1, -0.05) is 0 Å². The molecule has 1 saturated heterocycles. The fourth-order valence-electron chi connectivity index (χ4n) is 5.99. The van der Waals surface area contributed by atoms with Gasteiger partial charge in [0.1, 0.15) is 35.7 Å². The first-order chi connectivity index (χ1) is 30.1. The molecule has 1 heterocycles. The van der Waals surface area contributed by atoms with Gasteiger partial charge in [-0.25, -0.2) is 0 Å². The van der Waals surface area contributed by atoms with Crippen molar-refractivity contribution in [3.05, 3.63) is 0 Å². The molecule has 1 amide bonds. The van der Waals surface area contributed by atoms with Gasteiger partial charge in [-0.15, -0.1) is 11.8 Å². The maximum Gasteiger partial charge on any atom is 0.317 e. The number of nitrogens with zero attached hydrogens (tertiary/aromatic N) is 3. The minimum Gasteiger partial charge on any atom is -0.480 e. The molecular weight excluding hydrogens is 911 g/mol. The number of aliphatic carboxylic acids is 4. The van der Waals surface area contributed by atoms with Crippen LogP contribution in [-0.4, -0.2) is 259 Å². The average Bonchev–Trinajstić information content (AvgIpc) is 3.21. The molecule has 63 heavy (non-hydrogen) atoms. The largest absolute Gasteiger partial charge is 0.480 e. The molecule has 0 spiro atoms. The number of nitrogens with one attached hydrogen (secondary N) is 3. The molecule has 26 heteroatoms. The third-order valence-corrected chi connectivity index (χ3v) is 13.8. The van der Waals surface area contributed by atoms with Gasteiger partial charge in [-0.05, 0) is 37.2 Å². The number of ether oxygens (including phenoxy) is 2. The topological polar surface area (TPSA) is 349 Å². The van der Waals surface area contributed by atoms with Crippen molar-refractivity contribution in [2.24, 2.45) is 5.73 Å². The summed E-state index contributed by atoms with van der Waals surface area (Å²) in [5.41, 5.74) is 4.64. The lowest BCUT2D eigenvalue weighted by Gasteiger charge is -2.39. The van der Waals surface area contributed by atoms with E-state index >= 15 is 0 Å². The molecule has 1 aliphatic heterocycles. The monoisotopic (exact) mass is 979 g/mol. The smallest absolute Gasteiger partial charge is 0.317 e. The number of carbonyl (C=O) groups is 5. The first-order valence-corrected chi connectivity index (χ1v) is 25.1. The number of carboxylic acids is 4. The second-order valence-electron chi connectivity index (χ2n) is 14.4. The summed E-state index contributed by atoms with van der Waals surface area (Å²) in [5, 5.41) is 91.0. The predicted octanol–water partition coefficient (Wildman–Crippen LogP) is -2.45. The molecule has 0 radical (unpaired) electrons. The highest BCUT2D eigenvalue weighted by molar-refractivity contribution is 8.00. The number of thioether (sulfide) groups is 4. The van der Waals surface area contributed by atoms with E-state index in [2.05, 4.69) is 10.6 Å². The van der Waals surface area contributed by atoms with Crippen LogP contribution < -0.4 is 16.4 Å². The summed E-state index contributed by atoms with van der Waals surface area (Å²) >= 11 is 6.34. The molecule has 1 fully saturated rings. The molecule has 13 N–H and O–H groups in total. The molecule has 0 aromatic rings. The Hall–Kier alpha value is -2.18. The third kappa shape index (κ3) is 29.9. The quantitative estimate of drug-likeness (QED) is 0.0172. The van der Waals surface area contributed by atoms with Crippen LogP contribution in [0.4, 0.5) is 0 Å². The number of amidine groups is 1. The number of aliphatic hydroxyl groups excluding tert-OH is 4. The van der Waals surface area contributed by atoms with Gasteiger partial charge in [0, 0.05) is 81.5 Å². The van der Waals surface area contributed by atoms with Crippen molar-refractivity contribution >= 4 is 82.7 Å². The summed E-state index contributed by atoms with van der Waals surface area (Å²) in [6.45, 7) is -0.0190. The highest BCUT2D eigenvalue weighted by Gasteiger charge is 2.43. The van der Waals surface area contributed by atoms with Crippen LogP contribution >= 0.6 is 47.0 Å². The molecule has 1 aliphatic rings. The van der Waals surface area contributed by atoms with Crippen molar-refractivity contribution < 1.29 is 74.3 Å². The number of carboxylic acid groups (broad SMARTS) is 4. The zero-order chi connectivity index (χ0) is 47.0. The van der Waals surface area contributed by atoms with Gasteiger partial charge in [0.05, 0.1) is 45.1 Å². The van der Waals surface area contributed by atoms with Gasteiger partial charge in [0.2, 0.25) is 5.91 Å². The van der Waals surface area contributed by atoms with Crippen LogP contribution in [0.15, 0.2) is 0 Å². The van der Waals surface area contributed by atoms with E-state index in [1.807, 2.05) is 0 Å². The van der Waals surface area contributed by atoms with Crippen LogP contribution in [0.25, 0.3) is 0 Å². The lowest BCUT2D eigenvalue weighted by Crippen LogP contribution is -2.57. The number of hydrogen-bond donors (Lipinski definition) is 12. The Bertz CT molecular complexity index is 1320. The summed E-state index contributed by atoms with van der Waals surface area (Å²) < 4.78 is 11.4. The molecule has 0 aliphatic carbocycles. The van der Waals surface area contributed by atoms with Gasteiger partial charge in [0.25, 0.3) is 0 Å². The van der Waals surface area contributed by atoms with Gasteiger partial charge < -0.3 is 66.7 Å². The van der Waals surface area contributed by atoms with Crippen molar-refractivity contribution in [1.29, 1.82) is 5.41 Å². The van der Waals surface area contributed by atoms with Gasteiger partial charge >= 0.3 is 23.9 Å². The molecule has 0 saturated carbocycles. The standard InChI is InChI=1S/C37H69N7O15S4/c38-5-16-60-15-2-12-58-13-4-26(62-18-7-40-28(39)25-63-37-36(57)35(56)34(55)27(24-45)59-37)3-1-14-61-17-6-41-29(46)19-43(21-31(49)50)10-8-42(20-30(47)48)9-11-44(22-32(51)52)23-33(53)54/h26-27,34-37,45,55-57H,1-25,38H2,(H2,39,40)(H,41,46)(H,47,48)(H,49,50)(H,51,52)(H,53,54)/t26?,27-,34-,35+,36+,37?/m1/s1. The lowest BCUT2D eigenvalue weighted by molar-refractivity contribution is -0.205. The van der Waals surface area contributed by atoms with E-state index in [1.165, 1.54) is 9.80 Å². The number of rotatable bonds is 40. The van der Waals surface area contributed by atoms with Crippen LogP contribution in [-0.2, 0) is 33.4 Å². The Labute approximate surface area is 385 Å². The highest BCUT2D eigenvalue weighted by atomic mass is 32.2. The van der Waals surface area contributed by atoms with Crippen LogP contribution in [0.5, 0.6) is 0 Å². The van der Waals surface area contributed by atoms with Gasteiger partial charge in [0.15, 0.2) is 0 Å². The van der Waals surface area contributed by atoms with E-state index in [0.717, 1.165) is 65.4 Å². The first-order valence-electron chi connectivity index (χ1n) is 20.6. The Balaban J connectivity index is 2.53. The predicted molar refractivity (Wildman–Crippen MR) is 244 cm³/mol. The second kappa shape index (κ2) is 36.0. The van der Waals surface area contributed by atoms with Crippen LogP contribution in [0.1, 0.15) is 25.7 Å². The van der Waals surface area contributed by atoms with Crippen LogP contribution in [0.2, 0.25) is 0 Å². The molecule has 0 aromatic carbocycles. The molecule has 0 bridgehead atoms. The van der Waals surface area contributed by atoms with E-state index in [-0.39, 0.29) is 44.3 Å². The SMILES string of the molecule is N=C(CSC1O[C@H](CO)[C@@H](O)[C@H](O)[C@@H]1O)NCCSC(CCCSCCNC(=O)CN(CCN(CCN(CC(=O)O)CC(=O)O)CC(=O)O)CC(=O)O)CCOCCCSCCN. The normalized spacial score (nSPS) is 19.3. The number of aliphatic hydroxyl groups is 4. The summed E-state index contributed by atoms with van der Waals surface area (Å²) in [6, 6.07) is 0. The van der Waals surface area contributed by atoms with Crippen molar-refractivity contribution in [3.8, 4) is 0 Å². The number of carbonyl (C=O) groups excluding carboxylic acids is 1. The van der Waals surface area contributed by atoms with Crippen LogP contribution in [0.3, 0.4) is 0 Å². The molecule has 22 nitrogen and oxygen atoms in total. The zero-order valence-corrected chi connectivity index (χ0v) is 38.9. The summed E-state index contributed by atoms with van der Waals surface area (Å²) in [7, 11) is 0. The van der Waals surface area contributed by atoms with E-state index in [4.69, 9.17) is 30.8 Å². The Morgan fingerprint density at radius 2 is 1.24 bits per heavy atom. The molecule has 1 rings (SSSR count).